The van der Waals surface area contributed by atoms with Crippen LogP contribution in [0, 0.1) is 6.85 Å². The Bertz CT molecular complexity index is 2210. The van der Waals surface area contributed by atoms with Crippen molar-refractivity contribution in [1.29, 1.82) is 0 Å². The van der Waals surface area contributed by atoms with Crippen molar-refractivity contribution in [3.8, 4) is 28.3 Å². The number of hydrogen-bond donors (Lipinski definition) is 1. The Labute approximate surface area is 276 Å². The highest BCUT2D eigenvalue weighted by atomic mass is 16.2. The Hall–Kier alpha value is -5.48. The fourth-order valence-corrected chi connectivity index (χ4v) is 5.87. The normalized spacial score (nSPS) is 16.5. The van der Waals surface area contributed by atoms with Crippen molar-refractivity contribution in [3.05, 3.63) is 114 Å². The predicted octanol–water partition coefficient (Wildman–Crippen LogP) is 5.57. The fraction of sp³-hybridized carbons (Fsp3) is 0.222. The van der Waals surface area contributed by atoms with E-state index in [1.165, 1.54) is 6.07 Å². The van der Waals surface area contributed by atoms with Crippen LogP contribution in [0.5, 0.6) is 0 Å². The summed E-state index contributed by atoms with van der Waals surface area (Å²) < 4.78 is 49.1. The molecule has 2 aromatic carbocycles. The van der Waals surface area contributed by atoms with Gasteiger partial charge in [-0.05, 0) is 67.7 Å². The van der Waals surface area contributed by atoms with E-state index in [1.54, 1.807) is 6.20 Å². The third-order valence-corrected chi connectivity index (χ3v) is 8.27. The summed E-state index contributed by atoms with van der Waals surface area (Å²) in [7, 11) is 0. The second kappa shape index (κ2) is 12.5. The van der Waals surface area contributed by atoms with Crippen molar-refractivity contribution in [2.75, 3.05) is 25.8 Å². The zero-order chi connectivity index (χ0) is 36.6. The largest absolute Gasteiger partial charge is 0.383 e. The van der Waals surface area contributed by atoms with Crippen LogP contribution in [-0.2, 0) is 6.54 Å². The molecule has 1 amide bonds. The molecule has 0 aliphatic carbocycles. The van der Waals surface area contributed by atoms with E-state index in [1.807, 2.05) is 83.4 Å². The number of carbonyl (C=O) groups is 1. The molecule has 46 heavy (non-hydrogen) atoms. The molecule has 0 spiro atoms. The van der Waals surface area contributed by atoms with Gasteiger partial charge in [-0.15, -0.1) is 0 Å². The number of aryl methyl sites for hydroxylation is 1. The third kappa shape index (κ3) is 5.82. The summed E-state index contributed by atoms with van der Waals surface area (Å²) in [6.07, 6.45) is 3.65. The van der Waals surface area contributed by atoms with Gasteiger partial charge < -0.3 is 10.6 Å². The van der Waals surface area contributed by atoms with Gasteiger partial charge in [-0.25, -0.2) is 24.9 Å². The minimum atomic E-state index is -2.74. The van der Waals surface area contributed by atoms with E-state index in [9.17, 15) is 4.79 Å². The van der Waals surface area contributed by atoms with Gasteiger partial charge in [0.1, 0.15) is 22.9 Å². The number of imidazole rings is 1. The summed E-state index contributed by atoms with van der Waals surface area (Å²) in [5.41, 5.74) is 11.8. The number of likely N-dealkylation sites (tertiary alicyclic amines) is 1. The van der Waals surface area contributed by atoms with Crippen LogP contribution in [0.2, 0.25) is 0 Å². The van der Waals surface area contributed by atoms with E-state index in [-0.39, 0.29) is 5.69 Å². The zero-order valence-corrected chi connectivity index (χ0v) is 24.9. The molecule has 6 aromatic rings. The monoisotopic (exact) mass is 615 g/mol. The quantitative estimate of drug-likeness (QED) is 0.248. The van der Waals surface area contributed by atoms with Crippen LogP contribution in [0.25, 0.3) is 39.5 Å². The van der Waals surface area contributed by atoms with E-state index < -0.39 is 31.6 Å². The van der Waals surface area contributed by atoms with Crippen LogP contribution in [-0.4, -0.2) is 71.3 Å². The molecule has 0 bridgehead atoms. The summed E-state index contributed by atoms with van der Waals surface area (Å²) in [6, 6.07) is 26.4. The van der Waals surface area contributed by atoms with Crippen LogP contribution >= 0.6 is 0 Å². The number of hydrogen-bond acceptors (Lipinski definition) is 8. The van der Waals surface area contributed by atoms with Crippen molar-refractivity contribution in [1.82, 2.24) is 39.3 Å². The first-order valence-corrected chi connectivity index (χ1v) is 15.0. The van der Waals surface area contributed by atoms with E-state index in [0.717, 1.165) is 33.6 Å². The topological polar surface area (TPSA) is 119 Å². The highest BCUT2D eigenvalue weighted by molar-refractivity contribution is 5.92. The molecule has 0 atom stereocenters. The highest BCUT2D eigenvalue weighted by Gasteiger charge is 2.27. The maximum atomic E-state index is 13.4. The van der Waals surface area contributed by atoms with Gasteiger partial charge in [-0.1, -0.05) is 42.5 Å². The number of rotatable bonds is 7. The second-order valence-electron chi connectivity index (χ2n) is 11.2. The Morgan fingerprint density at radius 2 is 1.74 bits per heavy atom. The number of pyridine rings is 2. The molecule has 10 heteroatoms. The van der Waals surface area contributed by atoms with Crippen molar-refractivity contribution in [2.45, 2.75) is 32.3 Å². The first kappa shape index (κ1) is 22.9. The number of benzene rings is 2. The second-order valence-corrected chi connectivity index (χ2v) is 11.2. The Morgan fingerprint density at radius 1 is 0.913 bits per heavy atom. The summed E-state index contributed by atoms with van der Waals surface area (Å²) in [5, 5.41) is 0. The number of piperidine rings is 1. The van der Waals surface area contributed by atoms with Gasteiger partial charge in [0.15, 0.2) is 11.5 Å². The van der Waals surface area contributed by atoms with E-state index in [2.05, 4.69) is 19.9 Å². The van der Waals surface area contributed by atoms with Crippen molar-refractivity contribution >= 4 is 22.9 Å². The molecule has 0 radical (unpaired) electrons. The first-order valence-electron chi connectivity index (χ1n) is 18.0. The van der Waals surface area contributed by atoms with Crippen molar-refractivity contribution in [2.24, 2.45) is 0 Å². The number of anilines is 1. The molecule has 0 unspecified atom stereocenters. The van der Waals surface area contributed by atoms with Gasteiger partial charge in [0.2, 0.25) is 0 Å². The molecule has 7 rings (SSSR count). The number of carbonyl (C=O) groups excluding carboxylic acids is 1. The lowest BCUT2D eigenvalue weighted by atomic mass is 10.0. The lowest BCUT2D eigenvalue weighted by Gasteiger charge is -2.36. The molecule has 5 heterocycles. The Balaban J connectivity index is 1.11. The molecule has 1 aliphatic rings. The zero-order valence-electron chi connectivity index (χ0n) is 30.9. The molecular formula is C36H35N9O. The van der Waals surface area contributed by atoms with Crippen LogP contribution in [0.15, 0.2) is 97.3 Å². The van der Waals surface area contributed by atoms with Gasteiger partial charge in [0.25, 0.3) is 5.91 Å². The van der Waals surface area contributed by atoms with Crippen LogP contribution < -0.4 is 5.73 Å². The van der Waals surface area contributed by atoms with Gasteiger partial charge in [-0.2, -0.15) is 0 Å². The number of nitrogens with zero attached hydrogens (tertiary/aromatic N) is 8. The minimum absolute atomic E-state index is 0.258. The molecular weight excluding hydrogens is 574 g/mol. The number of nitrogens with two attached hydrogens (primary N) is 1. The average Bonchev–Trinajstić information content (AvgIpc) is 3.51. The predicted molar refractivity (Wildman–Crippen MR) is 179 cm³/mol. The van der Waals surface area contributed by atoms with Gasteiger partial charge >= 0.3 is 0 Å². The molecule has 1 aliphatic heterocycles. The SMILES string of the molecule is [2H]C([2H])([2H])c1nccc(C(=O)N(C2CCN(Cc3ccc(-n4c(-c5cccnc5N)nc5ccc(-c6ccccc6)nc54)cc3)CC2)C([2H])([2H])[2H])n1. The van der Waals surface area contributed by atoms with Gasteiger partial charge in [0, 0.05) is 64.5 Å². The van der Waals surface area contributed by atoms with Crippen molar-refractivity contribution < 1.29 is 13.0 Å². The Kier molecular flexibility index (Phi) is 6.23. The maximum Gasteiger partial charge on any atom is 0.272 e. The summed E-state index contributed by atoms with van der Waals surface area (Å²) >= 11 is 0. The summed E-state index contributed by atoms with van der Waals surface area (Å²) in [5.74, 6) is -0.361. The molecule has 2 N–H and O–H groups in total. The van der Waals surface area contributed by atoms with Crippen LogP contribution in [0.1, 0.15) is 42.9 Å². The molecule has 230 valence electrons. The van der Waals surface area contributed by atoms with Gasteiger partial charge in [0.05, 0.1) is 11.3 Å². The molecule has 1 fully saturated rings. The first-order chi connectivity index (χ1) is 24.9. The standard InChI is InChI=1S/C36H35N9O/c1-24-38-20-16-32(40-24)36(46)43(2)27-17-21-44(22-18-27)23-25-10-12-28(13-11-25)45-34(29-9-6-19-39-33(29)37)42-31-15-14-30(41-35(31)45)26-7-4-3-5-8-26/h3-16,19-20,27H,17-18,21-23H2,1-2H3,(H2,37,39)/i1D3,2D3. The smallest absolute Gasteiger partial charge is 0.272 e. The summed E-state index contributed by atoms with van der Waals surface area (Å²) in [4.78, 5) is 38.4. The van der Waals surface area contributed by atoms with Crippen LogP contribution in [0.4, 0.5) is 5.82 Å². The number of aromatic nitrogens is 6. The van der Waals surface area contributed by atoms with Crippen LogP contribution in [0.3, 0.4) is 0 Å². The summed E-state index contributed by atoms with van der Waals surface area (Å²) in [6.45, 7) is -3.64. The minimum Gasteiger partial charge on any atom is -0.383 e. The number of amides is 1. The molecule has 0 saturated carbocycles. The fourth-order valence-electron chi connectivity index (χ4n) is 5.87. The molecule has 10 nitrogen and oxygen atoms in total. The van der Waals surface area contributed by atoms with E-state index >= 15 is 0 Å². The molecule has 4 aromatic heterocycles. The van der Waals surface area contributed by atoms with Gasteiger partial charge in [-0.3, -0.25) is 14.3 Å². The average molecular weight is 616 g/mol. The van der Waals surface area contributed by atoms with E-state index in [0.29, 0.717) is 60.8 Å². The van der Waals surface area contributed by atoms with Crippen molar-refractivity contribution in [3.63, 3.8) is 0 Å². The lowest BCUT2D eigenvalue weighted by molar-refractivity contribution is 0.0630. The molecule has 1 saturated heterocycles. The number of fused-ring (bicyclic) bond motifs is 1. The number of nitrogen functional groups attached to an aromatic ring is 1. The van der Waals surface area contributed by atoms with E-state index in [4.69, 9.17) is 23.9 Å². The third-order valence-electron chi connectivity index (χ3n) is 8.27. The maximum absolute atomic E-state index is 13.4. The highest BCUT2D eigenvalue weighted by Crippen LogP contribution is 2.32. The Morgan fingerprint density at radius 3 is 2.50 bits per heavy atom. The lowest BCUT2D eigenvalue weighted by Crippen LogP contribution is -2.45.